The highest BCUT2D eigenvalue weighted by Crippen LogP contribution is 2.14. The second kappa shape index (κ2) is 19.9. The molecule has 8 nitrogen and oxygen atoms in total. The number of carbonyl (C=O) groups excluding carboxylic acids is 2. The van der Waals surface area contributed by atoms with E-state index in [1.165, 1.54) is 75.5 Å². The average Bonchev–Trinajstić information content (AvgIpc) is 2.84. The number of sulfonamides is 1. The van der Waals surface area contributed by atoms with Crippen molar-refractivity contribution in [3.63, 3.8) is 0 Å². The molecule has 9 heteroatoms. The fourth-order valence-corrected chi connectivity index (χ4v) is 6.12. The van der Waals surface area contributed by atoms with Crippen LogP contribution in [-0.2, 0) is 24.3 Å². The third kappa shape index (κ3) is 15.2. The summed E-state index contributed by atoms with van der Waals surface area (Å²) in [7, 11) is -1.66. The average molecular weight is 532 g/mol. The molecule has 1 fully saturated rings. The van der Waals surface area contributed by atoms with Crippen molar-refractivity contribution >= 4 is 21.9 Å². The van der Waals surface area contributed by atoms with E-state index in [9.17, 15) is 18.0 Å². The van der Waals surface area contributed by atoms with Crippen molar-refractivity contribution in [1.82, 2.24) is 14.1 Å². The molecule has 1 aliphatic heterocycles. The van der Waals surface area contributed by atoms with Crippen LogP contribution in [0.15, 0.2) is 0 Å². The molecule has 0 spiro atoms. The molecule has 0 N–H and O–H groups in total. The van der Waals surface area contributed by atoms with Gasteiger partial charge in [-0.15, -0.1) is 0 Å². The largest absolute Gasteiger partial charge is 0.465 e. The Hall–Kier alpha value is -1.19. The molecule has 0 unspecified atom stereocenters. The maximum Gasteiger partial charge on any atom is 0.325 e. The van der Waals surface area contributed by atoms with Gasteiger partial charge in [-0.05, 0) is 13.3 Å². The predicted molar refractivity (Wildman–Crippen MR) is 146 cm³/mol. The number of likely N-dealkylation sites (N-methyl/N-ethyl adjacent to an activating group) is 1. The van der Waals surface area contributed by atoms with Crippen LogP contribution >= 0.6 is 0 Å². The Morgan fingerprint density at radius 1 is 0.750 bits per heavy atom. The van der Waals surface area contributed by atoms with Crippen molar-refractivity contribution in [3.05, 3.63) is 0 Å². The predicted octanol–water partition coefficient (Wildman–Crippen LogP) is 4.44. The van der Waals surface area contributed by atoms with Crippen molar-refractivity contribution in [3.8, 4) is 0 Å². The van der Waals surface area contributed by atoms with Crippen LogP contribution in [0, 0.1) is 0 Å². The summed E-state index contributed by atoms with van der Waals surface area (Å²) in [5, 5.41) is 0. The topological polar surface area (TPSA) is 87.2 Å². The number of piperazine rings is 1. The van der Waals surface area contributed by atoms with Crippen molar-refractivity contribution < 1.29 is 22.7 Å². The van der Waals surface area contributed by atoms with Crippen LogP contribution in [-0.4, -0.2) is 93.1 Å². The minimum absolute atomic E-state index is 0.0692. The third-order valence-electron chi connectivity index (χ3n) is 6.94. The lowest BCUT2D eigenvalue weighted by Gasteiger charge is -2.34. The summed E-state index contributed by atoms with van der Waals surface area (Å²) in [4.78, 5) is 27.2. The van der Waals surface area contributed by atoms with Crippen molar-refractivity contribution in [2.45, 2.75) is 104 Å². The van der Waals surface area contributed by atoms with Crippen LogP contribution in [0.5, 0.6) is 0 Å². The lowest BCUT2D eigenvalue weighted by Crippen LogP contribution is -2.51. The van der Waals surface area contributed by atoms with Gasteiger partial charge in [0.2, 0.25) is 15.9 Å². The Morgan fingerprint density at radius 2 is 1.22 bits per heavy atom. The second-order valence-corrected chi connectivity index (χ2v) is 12.2. The smallest absolute Gasteiger partial charge is 0.325 e. The lowest BCUT2D eigenvalue weighted by molar-refractivity contribution is -0.148. The van der Waals surface area contributed by atoms with Crippen LogP contribution in [0.25, 0.3) is 0 Å². The Labute approximate surface area is 221 Å². The molecule has 1 rings (SSSR count). The van der Waals surface area contributed by atoms with Gasteiger partial charge in [-0.1, -0.05) is 90.4 Å². The van der Waals surface area contributed by atoms with Gasteiger partial charge in [-0.25, -0.2) is 8.42 Å². The molecule has 1 aliphatic rings. The van der Waals surface area contributed by atoms with Crippen molar-refractivity contribution in [1.29, 1.82) is 0 Å². The van der Waals surface area contributed by atoms with Gasteiger partial charge in [0, 0.05) is 33.2 Å². The second-order valence-electron chi connectivity index (χ2n) is 10.1. The summed E-state index contributed by atoms with van der Waals surface area (Å²) in [5.74, 6) is -0.374. The molecule has 36 heavy (non-hydrogen) atoms. The number of hydrogen-bond acceptors (Lipinski definition) is 6. The molecule has 1 amide bonds. The van der Waals surface area contributed by atoms with Gasteiger partial charge < -0.3 is 9.64 Å². The molecule has 0 radical (unpaired) electrons. The number of nitrogens with zero attached hydrogens (tertiary/aromatic N) is 3. The monoisotopic (exact) mass is 531 g/mol. The van der Waals surface area contributed by atoms with Gasteiger partial charge in [0.15, 0.2) is 0 Å². The summed E-state index contributed by atoms with van der Waals surface area (Å²) in [6.45, 7) is 6.26. The highest BCUT2D eigenvalue weighted by molar-refractivity contribution is 7.89. The molecular weight excluding hydrogens is 478 g/mol. The Kier molecular flexibility index (Phi) is 18.1. The zero-order chi connectivity index (χ0) is 26.7. The molecule has 0 aromatic carbocycles. The van der Waals surface area contributed by atoms with E-state index in [0.29, 0.717) is 26.2 Å². The summed E-state index contributed by atoms with van der Waals surface area (Å²) >= 11 is 0. The number of unbranched alkanes of at least 4 members (excludes halogenated alkanes) is 13. The molecule has 212 valence electrons. The Bertz CT molecular complexity index is 694. The van der Waals surface area contributed by atoms with Crippen molar-refractivity contribution in [2.75, 3.05) is 58.7 Å². The lowest BCUT2D eigenvalue weighted by atomic mass is 10.0. The van der Waals surface area contributed by atoms with Gasteiger partial charge in [0.1, 0.15) is 6.54 Å². The first kappa shape index (κ1) is 32.8. The minimum atomic E-state index is -3.24. The number of esters is 1. The SMILES string of the molecule is CCCCCCCCCCCCCCCCS(=O)(=O)N1CCN(CC(=O)N(C)CC(=O)OCC)CC1. The van der Waals surface area contributed by atoms with Crippen LogP contribution < -0.4 is 0 Å². The van der Waals surface area contributed by atoms with Crippen molar-refractivity contribution in [2.24, 2.45) is 0 Å². The van der Waals surface area contributed by atoms with Crippen LogP contribution in [0.3, 0.4) is 0 Å². The van der Waals surface area contributed by atoms with E-state index in [2.05, 4.69) is 6.92 Å². The van der Waals surface area contributed by atoms with Gasteiger partial charge in [-0.3, -0.25) is 14.5 Å². The molecule has 0 aliphatic carbocycles. The fraction of sp³-hybridized carbons (Fsp3) is 0.926. The summed E-state index contributed by atoms with van der Waals surface area (Å²) < 4.78 is 31.9. The Balaban J connectivity index is 2.08. The molecule has 0 saturated carbocycles. The number of carbonyl (C=O) groups is 2. The molecule has 0 aromatic rings. The van der Waals surface area contributed by atoms with E-state index in [1.807, 2.05) is 4.90 Å². The van der Waals surface area contributed by atoms with E-state index in [-0.39, 0.29) is 31.4 Å². The van der Waals surface area contributed by atoms with Gasteiger partial charge in [-0.2, -0.15) is 4.31 Å². The molecule has 1 heterocycles. The van der Waals surface area contributed by atoms with Crippen LogP contribution in [0.2, 0.25) is 0 Å². The molecule has 0 atom stereocenters. The number of amides is 1. The number of hydrogen-bond donors (Lipinski definition) is 0. The maximum atomic E-state index is 12.7. The summed E-state index contributed by atoms with van der Waals surface area (Å²) in [5.41, 5.74) is 0. The summed E-state index contributed by atoms with van der Waals surface area (Å²) in [6.07, 6.45) is 17.5. The van der Waals surface area contributed by atoms with E-state index < -0.39 is 16.0 Å². The number of rotatable bonds is 21. The molecule has 0 aromatic heterocycles. The summed E-state index contributed by atoms with van der Waals surface area (Å²) in [6, 6.07) is 0. The molecule has 0 bridgehead atoms. The highest BCUT2D eigenvalue weighted by Gasteiger charge is 2.28. The van der Waals surface area contributed by atoms with E-state index in [1.54, 1.807) is 18.3 Å². The quantitative estimate of drug-likeness (QED) is 0.161. The fourth-order valence-electron chi connectivity index (χ4n) is 4.57. The van der Waals surface area contributed by atoms with Gasteiger partial charge in [0.25, 0.3) is 0 Å². The highest BCUT2D eigenvalue weighted by atomic mass is 32.2. The standard InChI is InChI=1S/C27H53N3O5S/c1-4-6-7-8-9-10-11-12-13-14-15-16-17-18-23-36(33,34)30-21-19-29(20-22-30)24-26(31)28(3)25-27(32)35-5-2/h4-25H2,1-3H3. The first-order chi connectivity index (χ1) is 17.3. The van der Waals surface area contributed by atoms with E-state index in [0.717, 1.165) is 19.3 Å². The van der Waals surface area contributed by atoms with E-state index in [4.69, 9.17) is 4.74 Å². The third-order valence-corrected chi connectivity index (χ3v) is 8.89. The molecular formula is C27H53N3O5S. The van der Waals surface area contributed by atoms with Crippen LogP contribution in [0.4, 0.5) is 0 Å². The van der Waals surface area contributed by atoms with Gasteiger partial charge in [0.05, 0.1) is 18.9 Å². The zero-order valence-corrected chi connectivity index (χ0v) is 24.2. The normalized spacial score (nSPS) is 15.2. The van der Waals surface area contributed by atoms with Gasteiger partial charge >= 0.3 is 5.97 Å². The number of ether oxygens (including phenoxy) is 1. The zero-order valence-electron chi connectivity index (χ0n) is 23.3. The van der Waals surface area contributed by atoms with E-state index >= 15 is 0 Å². The first-order valence-electron chi connectivity index (χ1n) is 14.4. The Morgan fingerprint density at radius 3 is 1.69 bits per heavy atom. The molecule has 1 saturated heterocycles. The first-order valence-corrected chi connectivity index (χ1v) is 16.0. The van der Waals surface area contributed by atoms with Crippen LogP contribution in [0.1, 0.15) is 104 Å². The minimum Gasteiger partial charge on any atom is -0.465 e. The maximum absolute atomic E-state index is 12.7.